The summed E-state index contributed by atoms with van der Waals surface area (Å²) in [5, 5.41) is 20.8. The SMILES string of the molecule is CC(C)(C)OC(=O)NCC(CNC(=O)OC(C)(C)C)Cn1cc2cc(OCC(ON3C(=O)c4ccccc4C3=O)C(=O)O)ccc2n1. The van der Waals surface area contributed by atoms with Gasteiger partial charge >= 0.3 is 18.2 Å². The second kappa shape index (κ2) is 14.1. The maximum Gasteiger partial charge on any atom is 0.407 e. The quantitative estimate of drug-likeness (QED) is 0.242. The number of carboxylic acids is 1. The summed E-state index contributed by atoms with van der Waals surface area (Å²) >= 11 is 0. The van der Waals surface area contributed by atoms with Gasteiger partial charge in [0.15, 0.2) is 0 Å². The number of hydrogen-bond donors (Lipinski definition) is 3. The standard InChI is InChI=1S/C32H39N5O10/c1-31(2,3)45-29(42)33-14-19(15-34-30(43)46-32(4,5)6)16-36-17-20-13-21(11-12-24(20)35-36)44-18-25(28(40)41)47-37-26(38)22-9-7-8-10-23(22)27(37)39/h7-13,17,19,25H,14-16,18H2,1-6H3,(H,33,42)(H,34,43)(H,40,41). The Morgan fingerprint density at radius 3 is 1.94 bits per heavy atom. The van der Waals surface area contributed by atoms with Crippen molar-refractivity contribution < 1.29 is 48.1 Å². The molecule has 3 aromatic rings. The monoisotopic (exact) mass is 653 g/mol. The molecule has 0 saturated carbocycles. The van der Waals surface area contributed by atoms with Crippen molar-refractivity contribution in [2.45, 2.75) is 65.4 Å². The Morgan fingerprint density at radius 1 is 0.872 bits per heavy atom. The van der Waals surface area contributed by atoms with Crippen LogP contribution in [0.4, 0.5) is 9.59 Å². The number of fused-ring (bicyclic) bond motifs is 2. The van der Waals surface area contributed by atoms with Gasteiger partial charge in [-0.15, -0.1) is 5.06 Å². The number of aromatic nitrogens is 2. The third kappa shape index (κ3) is 9.66. The molecule has 0 aliphatic carbocycles. The maximum absolute atomic E-state index is 12.6. The number of hydroxylamine groups is 2. The van der Waals surface area contributed by atoms with Crippen LogP contribution in [0.3, 0.4) is 0 Å². The Bertz CT molecular complexity index is 1590. The van der Waals surface area contributed by atoms with Crippen LogP contribution in [0.15, 0.2) is 48.7 Å². The summed E-state index contributed by atoms with van der Waals surface area (Å²) in [6.45, 7) is 10.7. The van der Waals surface area contributed by atoms with Gasteiger partial charge in [0.25, 0.3) is 11.8 Å². The molecule has 4 rings (SSSR count). The van der Waals surface area contributed by atoms with Crippen LogP contribution < -0.4 is 15.4 Å². The first kappa shape index (κ1) is 34.7. The zero-order valence-corrected chi connectivity index (χ0v) is 27.1. The second-order valence-corrected chi connectivity index (χ2v) is 12.9. The van der Waals surface area contributed by atoms with E-state index in [-0.39, 0.29) is 30.1 Å². The predicted octanol–water partition coefficient (Wildman–Crippen LogP) is 3.76. The van der Waals surface area contributed by atoms with Gasteiger partial charge in [-0.05, 0) is 71.9 Å². The topological polar surface area (TPSA) is 188 Å². The molecule has 252 valence electrons. The van der Waals surface area contributed by atoms with E-state index in [0.717, 1.165) is 0 Å². The Hall–Kier alpha value is -5.18. The second-order valence-electron chi connectivity index (χ2n) is 12.9. The fourth-order valence-corrected chi connectivity index (χ4v) is 4.50. The lowest BCUT2D eigenvalue weighted by atomic mass is 10.1. The molecule has 2 aromatic carbocycles. The number of carbonyl (C=O) groups excluding carboxylic acids is 4. The van der Waals surface area contributed by atoms with Gasteiger partial charge in [0, 0.05) is 37.1 Å². The zero-order chi connectivity index (χ0) is 34.5. The van der Waals surface area contributed by atoms with Crippen molar-refractivity contribution in [3.8, 4) is 5.75 Å². The highest BCUT2D eigenvalue weighted by atomic mass is 16.7. The average Bonchev–Trinajstić information content (AvgIpc) is 3.47. The lowest BCUT2D eigenvalue weighted by Crippen LogP contribution is -2.41. The Morgan fingerprint density at radius 2 is 1.43 bits per heavy atom. The maximum atomic E-state index is 12.6. The number of alkyl carbamates (subject to hydrolysis) is 2. The molecule has 0 bridgehead atoms. The molecule has 0 spiro atoms. The van der Waals surface area contributed by atoms with E-state index in [9.17, 15) is 29.1 Å². The molecule has 1 aliphatic rings. The Labute approximate surface area is 271 Å². The van der Waals surface area contributed by atoms with Gasteiger partial charge in [-0.1, -0.05) is 12.1 Å². The lowest BCUT2D eigenvalue weighted by molar-refractivity contribution is -0.178. The molecule has 1 atom stereocenters. The molecular weight excluding hydrogens is 614 g/mol. The fourth-order valence-electron chi connectivity index (χ4n) is 4.50. The van der Waals surface area contributed by atoms with Crippen LogP contribution in [0.1, 0.15) is 62.3 Å². The molecule has 47 heavy (non-hydrogen) atoms. The third-order valence-corrected chi connectivity index (χ3v) is 6.50. The zero-order valence-electron chi connectivity index (χ0n) is 27.1. The third-order valence-electron chi connectivity index (χ3n) is 6.50. The molecule has 0 radical (unpaired) electrons. The van der Waals surface area contributed by atoms with Crippen LogP contribution >= 0.6 is 0 Å². The van der Waals surface area contributed by atoms with Crippen LogP contribution in [0.25, 0.3) is 10.9 Å². The van der Waals surface area contributed by atoms with Gasteiger partial charge in [-0.3, -0.25) is 14.3 Å². The summed E-state index contributed by atoms with van der Waals surface area (Å²) in [6, 6.07) is 11.0. The van der Waals surface area contributed by atoms with Crippen LogP contribution in [-0.2, 0) is 25.7 Å². The van der Waals surface area contributed by atoms with Gasteiger partial charge in [0.05, 0.1) is 16.6 Å². The van der Waals surface area contributed by atoms with Crippen molar-refractivity contribution in [3.05, 3.63) is 59.8 Å². The number of aliphatic carboxylic acids is 1. The molecule has 0 saturated heterocycles. The minimum atomic E-state index is -1.66. The number of ether oxygens (including phenoxy) is 3. The summed E-state index contributed by atoms with van der Waals surface area (Å²) in [5.74, 6) is -2.96. The molecular formula is C32H39N5O10. The van der Waals surface area contributed by atoms with E-state index in [1.807, 2.05) is 0 Å². The highest BCUT2D eigenvalue weighted by Gasteiger charge is 2.39. The van der Waals surface area contributed by atoms with E-state index in [1.165, 1.54) is 12.1 Å². The van der Waals surface area contributed by atoms with Crippen LogP contribution in [-0.4, -0.2) is 86.9 Å². The fraction of sp³-hybridized carbons (Fsp3) is 0.438. The molecule has 3 N–H and O–H groups in total. The number of nitrogens with zero attached hydrogens (tertiary/aromatic N) is 3. The number of benzene rings is 2. The predicted molar refractivity (Wildman–Crippen MR) is 167 cm³/mol. The molecule has 15 nitrogen and oxygen atoms in total. The highest BCUT2D eigenvalue weighted by molar-refractivity contribution is 6.20. The van der Waals surface area contributed by atoms with E-state index in [0.29, 0.717) is 28.3 Å². The summed E-state index contributed by atoms with van der Waals surface area (Å²) in [4.78, 5) is 67.0. The number of carbonyl (C=O) groups is 5. The van der Waals surface area contributed by atoms with Crippen molar-refractivity contribution in [2.24, 2.45) is 5.92 Å². The van der Waals surface area contributed by atoms with Crippen molar-refractivity contribution in [1.82, 2.24) is 25.5 Å². The molecule has 1 aliphatic heterocycles. The molecule has 1 aromatic heterocycles. The normalized spacial score (nSPS) is 13.8. The van der Waals surface area contributed by atoms with Gasteiger partial charge < -0.3 is 30.0 Å². The first-order valence-electron chi connectivity index (χ1n) is 14.9. The first-order chi connectivity index (χ1) is 22.0. The van der Waals surface area contributed by atoms with Crippen LogP contribution in [0.2, 0.25) is 0 Å². The summed E-state index contributed by atoms with van der Waals surface area (Å²) in [6.07, 6.45) is -1.12. The molecule has 4 amide bonds. The largest absolute Gasteiger partial charge is 0.490 e. The average molecular weight is 654 g/mol. The molecule has 15 heteroatoms. The van der Waals surface area contributed by atoms with E-state index in [4.69, 9.17) is 19.0 Å². The number of carboxylic acid groups (broad SMARTS) is 1. The van der Waals surface area contributed by atoms with E-state index in [2.05, 4.69) is 15.7 Å². The Balaban J connectivity index is 1.41. The highest BCUT2D eigenvalue weighted by Crippen LogP contribution is 2.25. The molecule has 1 unspecified atom stereocenters. The van der Waals surface area contributed by atoms with Crippen LogP contribution in [0.5, 0.6) is 5.75 Å². The summed E-state index contributed by atoms with van der Waals surface area (Å²) < 4.78 is 18.0. The summed E-state index contributed by atoms with van der Waals surface area (Å²) in [5.41, 5.74) is -0.520. The number of nitrogens with one attached hydrogen (secondary N) is 2. The first-order valence-corrected chi connectivity index (χ1v) is 14.9. The number of imide groups is 1. The smallest absolute Gasteiger partial charge is 0.407 e. The molecule has 2 heterocycles. The lowest BCUT2D eigenvalue weighted by Gasteiger charge is -2.23. The number of rotatable bonds is 12. The summed E-state index contributed by atoms with van der Waals surface area (Å²) in [7, 11) is 0. The van der Waals surface area contributed by atoms with Crippen LogP contribution in [0, 0.1) is 5.92 Å². The van der Waals surface area contributed by atoms with E-state index >= 15 is 0 Å². The minimum absolute atomic E-state index is 0.119. The van der Waals surface area contributed by atoms with Gasteiger partial charge in [0.1, 0.15) is 23.6 Å². The van der Waals surface area contributed by atoms with Crippen molar-refractivity contribution >= 4 is 40.9 Å². The minimum Gasteiger partial charge on any atom is -0.490 e. The van der Waals surface area contributed by atoms with E-state index in [1.54, 1.807) is 82.8 Å². The van der Waals surface area contributed by atoms with Crippen molar-refractivity contribution in [3.63, 3.8) is 0 Å². The number of hydrogen-bond acceptors (Lipinski definition) is 10. The van der Waals surface area contributed by atoms with Gasteiger partial charge in [-0.2, -0.15) is 5.10 Å². The molecule has 0 fully saturated rings. The van der Waals surface area contributed by atoms with E-state index < -0.39 is 53.9 Å². The van der Waals surface area contributed by atoms with Crippen molar-refractivity contribution in [1.29, 1.82) is 0 Å². The Kier molecular flexibility index (Phi) is 10.4. The van der Waals surface area contributed by atoms with Gasteiger partial charge in [0.2, 0.25) is 6.10 Å². The van der Waals surface area contributed by atoms with Gasteiger partial charge in [-0.25, -0.2) is 19.2 Å². The van der Waals surface area contributed by atoms with Crippen molar-refractivity contribution in [2.75, 3.05) is 19.7 Å². The number of amides is 4.